The van der Waals surface area contributed by atoms with E-state index in [9.17, 15) is 10.1 Å². The number of benzene rings is 2. The lowest BCUT2D eigenvalue weighted by molar-refractivity contribution is -0.129. The number of esters is 1. The van der Waals surface area contributed by atoms with Crippen molar-refractivity contribution in [3.8, 4) is 17.6 Å². The molecule has 0 amide bonds. The van der Waals surface area contributed by atoms with Crippen molar-refractivity contribution in [2.24, 2.45) is 0 Å². The molecule has 0 N–H and O–H groups in total. The number of nitriles is 1. The molecule has 2 rings (SSSR count). The van der Waals surface area contributed by atoms with Crippen LogP contribution in [0.1, 0.15) is 11.1 Å². The van der Waals surface area contributed by atoms with Crippen LogP contribution in [0.2, 0.25) is 0 Å². The van der Waals surface area contributed by atoms with Crippen molar-refractivity contribution in [2.75, 3.05) is 7.11 Å². The van der Waals surface area contributed by atoms with Crippen LogP contribution in [0.5, 0.6) is 11.5 Å². The molecule has 0 aromatic heterocycles. The van der Waals surface area contributed by atoms with Gasteiger partial charge in [0, 0.05) is 5.56 Å². The summed E-state index contributed by atoms with van der Waals surface area (Å²) in [7, 11) is 1.53. The molecule has 0 bridgehead atoms. The van der Waals surface area contributed by atoms with E-state index in [-0.39, 0.29) is 5.57 Å². The van der Waals surface area contributed by atoms with E-state index >= 15 is 0 Å². The van der Waals surface area contributed by atoms with Gasteiger partial charge in [0.25, 0.3) is 0 Å². The largest absolute Gasteiger partial charge is 0.496 e. The summed E-state index contributed by atoms with van der Waals surface area (Å²) >= 11 is 0. The van der Waals surface area contributed by atoms with Crippen LogP contribution < -0.4 is 9.47 Å². The van der Waals surface area contributed by atoms with E-state index in [4.69, 9.17) is 9.47 Å². The summed E-state index contributed by atoms with van der Waals surface area (Å²) in [6.07, 6.45) is 1.46. The number of ether oxygens (including phenoxy) is 2. The monoisotopic (exact) mass is 293 g/mol. The summed E-state index contributed by atoms with van der Waals surface area (Å²) in [5.41, 5.74) is 1.52. The normalized spacial score (nSPS) is 10.7. The molecule has 0 unspecified atom stereocenters. The first-order valence-corrected chi connectivity index (χ1v) is 6.67. The van der Waals surface area contributed by atoms with Crippen LogP contribution in [0.25, 0.3) is 6.08 Å². The van der Waals surface area contributed by atoms with E-state index in [1.54, 1.807) is 36.4 Å². The van der Waals surface area contributed by atoms with Crippen molar-refractivity contribution in [3.63, 3.8) is 0 Å². The van der Waals surface area contributed by atoms with Crippen LogP contribution in [0.4, 0.5) is 0 Å². The minimum Gasteiger partial charge on any atom is -0.496 e. The summed E-state index contributed by atoms with van der Waals surface area (Å²) in [6, 6.07) is 16.1. The topological polar surface area (TPSA) is 59.3 Å². The van der Waals surface area contributed by atoms with Crippen molar-refractivity contribution >= 4 is 12.0 Å². The zero-order valence-corrected chi connectivity index (χ0v) is 12.4. The predicted molar refractivity (Wildman–Crippen MR) is 83.4 cm³/mol. The predicted octanol–water partition coefficient (Wildman–Crippen LogP) is 3.52. The molecule has 4 nitrogen and oxygen atoms in total. The fourth-order valence-electron chi connectivity index (χ4n) is 1.92. The summed E-state index contributed by atoms with van der Waals surface area (Å²) in [5, 5.41) is 9.19. The number of hydrogen-bond donors (Lipinski definition) is 0. The van der Waals surface area contributed by atoms with Gasteiger partial charge in [-0.1, -0.05) is 30.3 Å². The number of rotatable bonds is 4. The van der Waals surface area contributed by atoms with Gasteiger partial charge in [-0.2, -0.15) is 5.26 Å². The number of hydrogen-bond acceptors (Lipinski definition) is 4. The first-order valence-electron chi connectivity index (χ1n) is 6.67. The van der Waals surface area contributed by atoms with Crippen LogP contribution in [0.3, 0.4) is 0 Å². The third kappa shape index (κ3) is 3.74. The lowest BCUT2D eigenvalue weighted by atomic mass is 10.1. The van der Waals surface area contributed by atoms with E-state index in [2.05, 4.69) is 0 Å². The quantitative estimate of drug-likeness (QED) is 0.374. The van der Waals surface area contributed by atoms with E-state index < -0.39 is 5.97 Å². The van der Waals surface area contributed by atoms with Gasteiger partial charge in [0.15, 0.2) is 0 Å². The maximum absolute atomic E-state index is 12.1. The fraction of sp³-hybridized carbons (Fsp3) is 0.111. The Morgan fingerprint density at radius 1 is 1.18 bits per heavy atom. The molecule has 0 saturated heterocycles. The van der Waals surface area contributed by atoms with Crippen molar-refractivity contribution in [1.29, 1.82) is 5.26 Å². The average molecular weight is 293 g/mol. The molecule has 2 aromatic carbocycles. The lowest BCUT2D eigenvalue weighted by Crippen LogP contribution is -2.10. The van der Waals surface area contributed by atoms with Gasteiger partial charge in [-0.25, -0.2) is 4.79 Å². The summed E-state index contributed by atoms with van der Waals surface area (Å²) in [5.74, 6) is 0.295. The zero-order valence-electron chi connectivity index (χ0n) is 12.4. The number of methoxy groups -OCH3 is 1. The second-order valence-corrected chi connectivity index (χ2v) is 4.62. The molecule has 0 aliphatic heterocycles. The Morgan fingerprint density at radius 3 is 2.64 bits per heavy atom. The second-order valence-electron chi connectivity index (χ2n) is 4.62. The van der Waals surface area contributed by atoms with Gasteiger partial charge >= 0.3 is 5.97 Å². The summed E-state index contributed by atoms with van der Waals surface area (Å²) in [6.45, 7) is 1.90. The Kier molecular flexibility index (Phi) is 4.94. The van der Waals surface area contributed by atoms with Gasteiger partial charge in [0.2, 0.25) is 0 Å². The van der Waals surface area contributed by atoms with E-state index in [1.165, 1.54) is 13.2 Å². The molecule has 0 aliphatic rings. The highest BCUT2D eigenvalue weighted by molar-refractivity contribution is 5.99. The van der Waals surface area contributed by atoms with E-state index in [0.717, 1.165) is 5.56 Å². The number of nitrogens with zero attached hydrogens (tertiary/aromatic N) is 1. The zero-order chi connectivity index (χ0) is 15.9. The van der Waals surface area contributed by atoms with Crippen LogP contribution in [-0.2, 0) is 4.79 Å². The summed E-state index contributed by atoms with van der Waals surface area (Å²) < 4.78 is 10.4. The number of para-hydroxylation sites is 1. The Hall–Kier alpha value is -3.06. The smallest absolute Gasteiger partial charge is 0.354 e. The maximum atomic E-state index is 12.1. The van der Waals surface area contributed by atoms with Crippen molar-refractivity contribution in [3.05, 3.63) is 65.2 Å². The standard InChI is InChI=1S/C18H15NO3/c1-13-6-5-8-16(10-13)22-18(20)15(12-19)11-14-7-3-4-9-17(14)21-2/h3-11H,1-2H3/b15-11+. The van der Waals surface area contributed by atoms with Crippen LogP contribution in [0.15, 0.2) is 54.1 Å². The van der Waals surface area contributed by atoms with Crippen LogP contribution >= 0.6 is 0 Å². The van der Waals surface area contributed by atoms with Gasteiger partial charge in [-0.05, 0) is 36.8 Å². The number of aryl methyl sites for hydroxylation is 1. The van der Waals surface area contributed by atoms with Gasteiger partial charge in [-0.3, -0.25) is 0 Å². The molecule has 22 heavy (non-hydrogen) atoms. The van der Waals surface area contributed by atoms with E-state index in [1.807, 2.05) is 25.1 Å². The van der Waals surface area contributed by atoms with Crippen LogP contribution in [0, 0.1) is 18.3 Å². The highest BCUT2D eigenvalue weighted by Gasteiger charge is 2.13. The molecule has 0 fully saturated rings. The minimum absolute atomic E-state index is 0.0917. The Morgan fingerprint density at radius 2 is 1.95 bits per heavy atom. The van der Waals surface area contributed by atoms with Gasteiger partial charge in [0.1, 0.15) is 23.1 Å². The first-order chi connectivity index (χ1) is 10.6. The van der Waals surface area contributed by atoms with Gasteiger partial charge in [-0.15, -0.1) is 0 Å². The molecule has 110 valence electrons. The maximum Gasteiger partial charge on any atom is 0.354 e. The van der Waals surface area contributed by atoms with Crippen molar-refractivity contribution < 1.29 is 14.3 Å². The Labute approximate surface area is 129 Å². The van der Waals surface area contributed by atoms with Gasteiger partial charge < -0.3 is 9.47 Å². The molecular weight excluding hydrogens is 278 g/mol. The number of carbonyl (C=O) groups is 1. The highest BCUT2D eigenvalue weighted by atomic mass is 16.5. The third-order valence-corrected chi connectivity index (χ3v) is 2.98. The van der Waals surface area contributed by atoms with Gasteiger partial charge in [0.05, 0.1) is 7.11 Å². The molecule has 2 aromatic rings. The molecule has 0 spiro atoms. The fourth-order valence-corrected chi connectivity index (χ4v) is 1.92. The molecular formula is C18H15NO3. The Bertz CT molecular complexity index is 757. The molecule has 0 heterocycles. The molecule has 4 heteroatoms. The SMILES string of the molecule is COc1ccccc1/C=C(\C#N)C(=O)Oc1cccc(C)c1. The molecule has 0 saturated carbocycles. The minimum atomic E-state index is -0.695. The third-order valence-electron chi connectivity index (χ3n) is 2.98. The van der Waals surface area contributed by atoms with Crippen molar-refractivity contribution in [1.82, 2.24) is 0 Å². The molecule has 0 atom stereocenters. The van der Waals surface area contributed by atoms with E-state index in [0.29, 0.717) is 17.1 Å². The second kappa shape index (κ2) is 7.09. The summed E-state index contributed by atoms with van der Waals surface area (Å²) in [4.78, 5) is 12.1. The lowest BCUT2D eigenvalue weighted by Gasteiger charge is -2.06. The first kappa shape index (κ1) is 15.3. The number of carbonyl (C=O) groups excluding carboxylic acids is 1. The van der Waals surface area contributed by atoms with Crippen LogP contribution in [-0.4, -0.2) is 13.1 Å². The Balaban J connectivity index is 2.26. The highest BCUT2D eigenvalue weighted by Crippen LogP contribution is 2.21. The average Bonchev–Trinajstić information content (AvgIpc) is 2.52. The molecule has 0 radical (unpaired) electrons. The molecule has 0 aliphatic carbocycles. The van der Waals surface area contributed by atoms with Crippen molar-refractivity contribution in [2.45, 2.75) is 6.92 Å².